The van der Waals surface area contributed by atoms with E-state index in [1.807, 2.05) is 0 Å². The number of aliphatic hydroxyl groups excluding tert-OH is 2. The quantitative estimate of drug-likeness (QED) is 0.0320. The molecular formula is C65H125NO5. The summed E-state index contributed by atoms with van der Waals surface area (Å²) in [7, 11) is 0. The number of carbonyl (C=O) groups is 2. The lowest BCUT2D eigenvalue weighted by Crippen LogP contribution is -2.45. The molecule has 0 spiro atoms. The Balaban J connectivity index is 3.34. The van der Waals surface area contributed by atoms with Gasteiger partial charge in [0.2, 0.25) is 5.91 Å². The minimum atomic E-state index is -0.663. The van der Waals surface area contributed by atoms with Crippen LogP contribution in [0, 0.1) is 0 Å². The number of esters is 1. The van der Waals surface area contributed by atoms with E-state index in [-0.39, 0.29) is 18.5 Å². The smallest absolute Gasteiger partial charge is 0.305 e. The Bertz CT molecular complexity index is 1110. The first-order valence-corrected chi connectivity index (χ1v) is 32.1. The van der Waals surface area contributed by atoms with Gasteiger partial charge in [-0.15, -0.1) is 0 Å². The van der Waals surface area contributed by atoms with Gasteiger partial charge in [-0.2, -0.15) is 0 Å². The fourth-order valence-corrected chi connectivity index (χ4v) is 10.0. The van der Waals surface area contributed by atoms with E-state index < -0.39 is 12.1 Å². The lowest BCUT2D eigenvalue weighted by atomic mass is 10.0. The highest BCUT2D eigenvalue weighted by atomic mass is 16.5. The number of allylic oxidation sites excluding steroid dienone is 4. The number of rotatable bonds is 60. The first-order valence-electron chi connectivity index (χ1n) is 32.1. The van der Waals surface area contributed by atoms with Gasteiger partial charge in [-0.1, -0.05) is 289 Å². The van der Waals surface area contributed by atoms with Crippen molar-refractivity contribution in [2.45, 2.75) is 366 Å². The average molecular weight is 1000 g/mol. The maximum atomic E-state index is 12.4. The maximum absolute atomic E-state index is 12.4. The standard InChI is InChI=1S/C65H125NO5/c1-3-5-7-9-11-13-14-15-16-17-26-30-33-36-39-43-47-51-55-59-65(70)71-60-56-52-48-44-40-37-34-31-28-25-23-21-19-18-20-22-24-27-29-32-35-38-42-46-50-54-58-64(69)66-62(61-67)63(68)57-53-49-45-41-12-10-8-6-4-2/h15-16,18,20,62-63,67-68H,3-14,17,19,21-61H2,1-2H3,(H,66,69)/b16-15-,20-18-. The van der Waals surface area contributed by atoms with Crippen molar-refractivity contribution < 1.29 is 24.5 Å². The molecular weight excluding hydrogens is 875 g/mol. The van der Waals surface area contributed by atoms with E-state index in [0.717, 1.165) is 38.5 Å². The predicted molar refractivity (Wildman–Crippen MR) is 310 cm³/mol. The second-order valence-electron chi connectivity index (χ2n) is 22.1. The Hall–Kier alpha value is -1.66. The fourth-order valence-electron chi connectivity index (χ4n) is 10.0. The molecule has 6 heteroatoms. The summed E-state index contributed by atoms with van der Waals surface area (Å²) < 4.78 is 5.50. The van der Waals surface area contributed by atoms with Crippen LogP contribution in [0.4, 0.5) is 0 Å². The number of hydrogen-bond donors (Lipinski definition) is 3. The van der Waals surface area contributed by atoms with Crippen molar-refractivity contribution in [1.82, 2.24) is 5.32 Å². The zero-order valence-electron chi connectivity index (χ0n) is 48.0. The number of amides is 1. The van der Waals surface area contributed by atoms with Gasteiger partial charge < -0.3 is 20.3 Å². The summed E-state index contributed by atoms with van der Waals surface area (Å²) in [4.78, 5) is 24.5. The molecule has 2 unspecified atom stereocenters. The van der Waals surface area contributed by atoms with Crippen LogP contribution in [-0.2, 0) is 14.3 Å². The van der Waals surface area contributed by atoms with Gasteiger partial charge in [0.15, 0.2) is 0 Å². The van der Waals surface area contributed by atoms with Crippen molar-refractivity contribution in [2.75, 3.05) is 13.2 Å². The minimum absolute atomic E-state index is 0.0142. The van der Waals surface area contributed by atoms with E-state index in [9.17, 15) is 19.8 Å². The summed E-state index contributed by atoms with van der Waals surface area (Å²) in [5.74, 6) is -0.0241. The van der Waals surface area contributed by atoms with Gasteiger partial charge in [-0.05, 0) is 77.0 Å². The van der Waals surface area contributed by atoms with Crippen molar-refractivity contribution in [2.24, 2.45) is 0 Å². The topological polar surface area (TPSA) is 95.9 Å². The summed E-state index contributed by atoms with van der Waals surface area (Å²) in [6.07, 6.45) is 75.0. The van der Waals surface area contributed by atoms with E-state index in [4.69, 9.17) is 4.74 Å². The Kier molecular flexibility index (Phi) is 59.5. The number of hydrogen-bond acceptors (Lipinski definition) is 5. The molecule has 0 aliphatic rings. The van der Waals surface area contributed by atoms with Crippen LogP contribution in [0.3, 0.4) is 0 Å². The van der Waals surface area contributed by atoms with Crippen molar-refractivity contribution in [1.29, 1.82) is 0 Å². The van der Waals surface area contributed by atoms with Gasteiger partial charge in [0, 0.05) is 12.8 Å². The molecule has 1 amide bonds. The Labute approximate surface area is 443 Å². The third-order valence-electron chi connectivity index (χ3n) is 15.0. The van der Waals surface area contributed by atoms with Crippen LogP contribution >= 0.6 is 0 Å². The molecule has 0 aliphatic heterocycles. The minimum Gasteiger partial charge on any atom is -0.466 e. The molecule has 2 atom stereocenters. The summed E-state index contributed by atoms with van der Waals surface area (Å²) in [5, 5.41) is 23.1. The summed E-state index contributed by atoms with van der Waals surface area (Å²) in [5.41, 5.74) is 0. The molecule has 0 aliphatic carbocycles. The van der Waals surface area contributed by atoms with Crippen LogP contribution < -0.4 is 5.32 Å². The molecule has 0 bridgehead atoms. The zero-order chi connectivity index (χ0) is 51.4. The molecule has 420 valence electrons. The van der Waals surface area contributed by atoms with Crippen LogP contribution in [0.2, 0.25) is 0 Å². The highest BCUT2D eigenvalue weighted by Gasteiger charge is 2.20. The second-order valence-corrected chi connectivity index (χ2v) is 22.1. The van der Waals surface area contributed by atoms with Gasteiger partial charge in [0.1, 0.15) is 0 Å². The van der Waals surface area contributed by atoms with E-state index in [2.05, 4.69) is 43.5 Å². The van der Waals surface area contributed by atoms with Gasteiger partial charge >= 0.3 is 5.97 Å². The molecule has 0 heterocycles. The second kappa shape index (κ2) is 60.9. The molecule has 71 heavy (non-hydrogen) atoms. The molecule has 0 aromatic heterocycles. The first kappa shape index (κ1) is 69.3. The van der Waals surface area contributed by atoms with Gasteiger partial charge in [-0.25, -0.2) is 0 Å². The van der Waals surface area contributed by atoms with Crippen molar-refractivity contribution >= 4 is 11.9 Å². The average Bonchev–Trinajstić information content (AvgIpc) is 3.37. The molecule has 0 saturated carbocycles. The van der Waals surface area contributed by atoms with Crippen LogP contribution in [0.25, 0.3) is 0 Å². The lowest BCUT2D eigenvalue weighted by Gasteiger charge is -2.22. The predicted octanol–water partition coefficient (Wildman–Crippen LogP) is 20.2. The van der Waals surface area contributed by atoms with Crippen molar-refractivity contribution in [3.8, 4) is 0 Å². The number of aliphatic hydroxyl groups is 2. The monoisotopic (exact) mass is 1000 g/mol. The van der Waals surface area contributed by atoms with Crippen molar-refractivity contribution in [3.05, 3.63) is 24.3 Å². The molecule has 0 aromatic carbocycles. The molecule has 0 aromatic rings. The molecule has 3 N–H and O–H groups in total. The third-order valence-corrected chi connectivity index (χ3v) is 15.0. The van der Waals surface area contributed by atoms with Crippen molar-refractivity contribution in [3.63, 3.8) is 0 Å². The molecule has 0 rings (SSSR count). The maximum Gasteiger partial charge on any atom is 0.305 e. The SMILES string of the molecule is CCCCCCCC/C=C\CCCCCCCCCCCC(=O)OCCCCCCCCCCCCCC/C=C\CCCCCCCCCCCCC(=O)NC(CO)C(O)CCCCCCCCCCC. The fraction of sp³-hybridized carbons (Fsp3) is 0.908. The van der Waals surface area contributed by atoms with Gasteiger partial charge in [-0.3, -0.25) is 9.59 Å². The number of carbonyl (C=O) groups excluding carboxylic acids is 2. The van der Waals surface area contributed by atoms with Crippen LogP contribution in [0.15, 0.2) is 24.3 Å². The Morgan fingerprint density at radius 3 is 1.00 bits per heavy atom. The Morgan fingerprint density at radius 2 is 0.662 bits per heavy atom. The summed E-state index contributed by atoms with van der Waals surface area (Å²) in [6.45, 7) is 4.95. The highest BCUT2D eigenvalue weighted by Crippen LogP contribution is 2.18. The summed E-state index contributed by atoms with van der Waals surface area (Å²) in [6, 6.07) is -0.540. The van der Waals surface area contributed by atoms with Crippen LogP contribution in [0.5, 0.6) is 0 Å². The number of unbranched alkanes of at least 4 members (excludes halogenated alkanes) is 45. The lowest BCUT2D eigenvalue weighted by molar-refractivity contribution is -0.143. The van der Waals surface area contributed by atoms with E-state index in [0.29, 0.717) is 25.9 Å². The zero-order valence-corrected chi connectivity index (χ0v) is 48.0. The summed E-state index contributed by atoms with van der Waals surface area (Å²) >= 11 is 0. The van der Waals surface area contributed by atoms with Gasteiger partial charge in [0.25, 0.3) is 0 Å². The highest BCUT2D eigenvalue weighted by molar-refractivity contribution is 5.76. The van der Waals surface area contributed by atoms with Gasteiger partial charge in [0.05, 0.1) is 25.4 Å². The first-order chi connectivity index (χ1) is 35.0. The van der Waals surface area contributed by atoms with E-state index in [1.54, 1.807) is 0 Å². The third kappa shape index (κ3) is 57.5. The number of nitrogens with one attached hydrogen (secondary N) is 1. The molecule has 0 radical (unpaired) electrons. The van der Waals surface area contributed by atoms with Crippen LogP contribution in [-0.4, -0.2) is 47.4 Å². The molecule has 6 nitrogen and oxygen atoms in total. The number of ether oxygens (including phenoxy) is 1. The van der Waals surface area contributed by atoms with E-state index >= 15 is 0 Å². The Morgan fingerprint density at radius 1 is 0.380 bits per heavy atom. The largest absolute Gasteiger partial charge is 0.466 e. The normalized spacial score (nSPS) is 12.7. The molecule has 0 saturated heterocycles. The van der Waals surface area contributed by atoms with E-state index in [1.165, 1.54) is 283 Å². The van der Waals surface area contributed by atoms with Crippen LogP contribution in [0.1, 0.15) is 354 Å². The molecule has 0 fully saturated rings.